The van der Waals surface area contributed by atoms with Crippen LogP contribution in [0, 0.1) is 0 Å². The van der Waals surface area contributed by atoms with Gasteiger partial charge in [0.25, 0.3) is 5.91 Å². The molecule has 0 N–H and O–H groups in total. The van der Waals surface area contributed by atoms with E-state index in [1.54, 1.807) is 18.0 Å². The number of amides is 1. The number of amidine groups is 1. The van der Waals surface area contributed by atoms with E-state index in [0.29, 0.717) is 38.8 Å². The number of carbonyl (C=O) groups is 1. The van der Waals surface area contributed by atoms with Crippen molar-refractivity contribution in [1.29, 1.82) is 0 Å². The Bertz CT molecular complexity index is 1340. The first kappa shape index (κ1) is 25.6. The first-order valence-corrected chi connectivity index (χ1v) is 13.0. The van der Waals surface area contributed by atoms with Crippen molar-refractivity contribution in [2.45, 2.75) is 13.0 Å². The summed E-state index contributed by atoms with van der Waals surface area (Å²) in [6.07, 6.45) is 4.35. The fourth-order valence-electron chi connectivity index (χ4n) is 3.35. The molecule has 0 unspecified atom stereocenters. The fourth-order valence-corrected chi connectivity index (χ4v) is 4.89. The van der Waals surface area contributed by atoms with Crippen LogP contribution >= 0.6 is 50.9 Å². The summed E-state index contributed by atoms with van der Waals surface area (Å²) in [6.45, 7) is 4.29. The molecule has 4 nitrogen and oxygen atoms in total. The Morgan fingerprint density at radius 2 is 1.89 bits per heavy atom. The number of rotatable bonds is 7. The third-order valence-corrected chi connectivity index (χ3v) is 7.73. The molecular weight excluding hydrogens is 567 g/mol. The Hall–Kier alpha value is -2.51. The second kappa shape index (κ2) is 11.5. The molecule has 1 saturated heterocycles. The largest absolute Gasteiger partial charge is 0.489 e. The van der Waals surface area contributed by atoms with E-state index in [9.17, 15) is 4.79 Å². The number of halogens is 3. The Balaban J connectivity index is 1.54. The van der Waals surface area contributed by atoms with Crippen molar-refractivity contribution in [2.75, 3.05) is 7.05 Å². The van der Waals surface area contributed by atoms with Gasteiger partial charge in [0.05, 0.1) is 15.6 Å². The summed E-state index contributed by atoms with van der Waals surface area (Å²) in [6, 6.07) is 18.9. The van der Waals surface area contributed by atoms with E-state index < -0.39 is 0 Å². The summed E-state index contributed by atoms with van der Waals surface area (Å²) in [4.78, 5) is 19.6. The van der Waals surface area contributed by atoms with Crippen LogP contribution in [-0.4, -0.2) is 23.0 Å². The summed E-state index contributed by atoms with van der Waals surface area (Å²) in [5.74, 6) is 0.671. The maximum atomic E-state index is 12.9. The van der Waals surface area contributed by atoms with E-state index in [-0.39, 0.29) is 5.91 Å². The van der Waals surface area contributed by atoms with Gasteiger partial charge in [-0.05, 0) is 99.3 Å². The summed E-state index contributed by atoms with van der Waals surface area (Å²) >= 11 is 16.8. The molecule has 1 amide bonds. The number of thioether (sulfide) groups is 1. The number of carbonyl (C=O) groups excluding carboxylic acids is 1. The first-order valence-electron chi connectivity index (χ1n) is 10.7. The molecule has 0 spiro atoms. The normalized spacial score (nSPS) is 15.8. The third kappa shape index (κ3) is 6.39. The van der Waals surface area contributed by atoms with Gasteiger partial charge in [-0.1, -0.05) is 47.5 Å². The lowest BCUT2D eigenvalue weighted by Gasteiger charge is -2.12. The second-order valence-electron chi connectivity index (χ2n) is 7.74. The highest BCUT2D eigenvalue weighted by Crippen LogP contribution is 2.35. The van der Waals surface area contributed by atoms with E-state index in [4.69, 9.17) is 27.9 Å². The zero-order valence-electron chi connectivity index (χ0n) is 18.8. The number of likely N-dealkylation sites (N-methyl/N-ethyl adjacent to an activating group) is 1. The van der Waals surface area contributed by atoms with Crippen LogP contribution in [0.15, 0.2) is 87.7 Å². The standard InChI is InChI=1S/C27H21BrCl2N2O2S/c1-3-4-19-13-18(7-12-24(19)34-16-17-5-8-20(29)9-6-17)14-25-26(33)32(2)27(35-25)31-21-10-11-22(28)23(30)15-21/h3,5-15H,1,4,16H2,2H3/b25-14-,31-27?. The average Bonchev–Trinajstić information content (AvgIpc) is 3.10. The van der Waals surface area contributed by atoms with Gasteiger partial charge in [-0.2, -0.15) is 0 Å². The van der Waals surface area contributed by atoms with Crippen LogP contribution in [0.25, 0.3) is 6.08 Å². The van der Waals surface area contributed by atoms with Gasteiger partial charge in [-0.3, -0.25) is 9.69 Å². The number of hydrogen-bond acceptors (Lipinski definition) is 4. The van der Waals surface area contributed by atoms with Crippen LogP contribution in [0.5, 0.6) is 5.75 Å². The number of allylic oxidation sites excluding steroid dienone is 1. The van der Waals surface area contributed by atoms with Crippen LogP contribution in [-0.2, 0) is 17.8 Å². The molecule has 8 heteroatoms. The highest BCUT2D eigenvalue weighted by Gasteiger charge is 2.30. The van der Waals surface area contributed by atoms with Crippen LogP contribution in [0.1, 0.15) is 16.7 Å². The smallest absolute Gasteiger partial charge is 0.266 e. The SMILES string of the molecule is C=CCc1cc(/C=C2\SC(=Nc3ccc(Br)c(Cl)c3)N(C)C2=O)ccc1OCc1ccc(Cl)cc1. The first-order chi connectivity index (χ1) is 16.8. The Labute approximate surface area is 227 Å². The van der Waals surface area contributed by atoms with Gasteiger partial charge in [-0.15, -0.1) is 6.58 Å². The van der Waals surface area contributed by atoms with Crippen LogP contribution < -0.4 is 4.74 Å². The maximum absolute atomic E-state index is 12.9. The molecule has 0 atom stereocenters. The predicted octanol–water partition coefficient (Wildman–Crippen LogP) is 8.30. The molecule has 1 aliphatic rings. The zero-order valence-corrected chi connectivity index (χ0v) is 22.7. The molecule has 0 aromatic heterocycles. The summed E-state index contributed by atoms with van der Waals surface area (Å²) in [7, 11) is 1.71. The number of hydrogen-bond donors (Lipinski definition) is 0. The van der Waals surface area contributed by atoms with Crippen LogP contribution in [0.2, 0.25) is 10.0 Å². The summed E-state index contributed by atoms with van der Waals surface area (Å²) in [5, 5.41) is 1.85. The van der Waals surface area contributed by atoms with E-state index >= 15 is 0 Å². The molecule has 1 heterocycles. The minimum atomic E-state index is -0.106. The Morgan fingerprint density at radius 1 is 1.11 bits per heavy atom. The molecule has 4 rings (SSSR count). The van der Waals surface area contributed by atoms with Crippen molar-refractivity contribution in [2.24, 2.45) is 4.99 Å². The molecule has 0 radical (unpaired) electrons. The molecule has 0 aliphatic carbocycles. The second-order valence-corrected chi connectivity index (χ2v) is 10.4. The molecule has 3 aromatic carbocycles. The topological polar surface area (TPSA) is 41.9 Å². The maximum Gasteiger partial charge on any atom is 0.266 e. The average molecular weight is 588 g/mol. The van der Waals surface area contributed by atoms with E-state index in [2.05, 4.69) is 27.5 Å². The number of ether oxygens (including phenoxy) is 1. The molecule has 1 aliphatic heterocycles. The van der Waals surface area contributed by atoms with Crippen molar-refractivity contribution < 1.29 is 9.53 Å². The van der Waals surface area contributed by atoms with Crippen LogP contribution in [0.3, 0.4) is 0 Å². The third-order valence-electron chi connectivity index (χ3n) is 5.19. The van der Waals surface area contributed by atoms with Crippen molar-refractivity contribution in [3.63, 3.8) is 0 Å². The Kier molecular flexibility index (Phi) is 8.39. The predicted molar refractivity (Wildman–Crippen MR) is 151 cm³/mol. The van der Waals surface area contributed by atoms with Gasteiger partial charge in [0.2, 0.25) is 0 Å². The van der Waals surface area contributed by atoms with Gasteiger partial charge in [0.15, 0.2) is 5.17 Å². The number of nitrogens with zero attached hydrogens (tertiary/aromatic N) is 2. The van der Waals surface area contributed by atoms with Crippen LogP contribution in [0.4, 0.5) is 5.69 Å². The van der Waals surface area contributed by atoms with Gasteiger partial charge in [-0.25, -0.2) is 4.99 Å². The molecule has 0 saturated carbocycles. The number of aliphatic imine (C=N–C) groups is 1. The summed E-state index contributed by atoms with van der Waals surface area (Å²) in [5.41, 5.74) is 3.60. The van der Waals surface area contributed by atoms with Gasteiger partial charge >= 0.3 is 0 Å². The van der Waals surface area contributed by atoms with E-state index in [1.807, 2.05) is 66.7 Å². The number of benzene rings is 3. The van der Waals surface area contributed by atoms with Crippen molar-refractivity contribution in [3.05, 3.63) is 109 Å². The molecule has 0 bridgehead atoms. The molecular formula is C27H21BrCl2N2O2S. The summed E-state index contributed by atoms with van der Waals surface area (Å²) < 4.78 is 6.85. The van der Waals surface area contributed by atoms with E-state index in [1.165, 1.54) is 11.8 Å². The minimum Gasteiger partial charge on any atom is -0.489 e. The van der Waals surface area contributed by atoms with Gasteiger partial charge in [0, 0.05) is 16.5 Å². The quantitative estimate of drug-likeness (QED) is 0.206. The van der Waals surface area contributed by atoms with Gasteiger partial charge < -0.3 is 4.74 Å². The fraction of sp³-hybridized carbons (Fsp3) is 0.111. The lowest BCUT2D eigenvalue weighted by atomic mass is 10.1. The monoisotopic (exact) mass is 586 g/mol. The van der Waals surface area contributed by atoms with Crippen molar-refractivity contribution in [3.8, 4) is 5.75 Å². The highest BCUT2D eigenvalue weighted by molar-refractivity contribution is 9.10. The lowest BCUT2D eigenvalue weighted by molar-refractivity contribution is -0.121. The van der Waals surface area contributed by atoms with Gasteiger partial charge in [0.1, 0.15) is 12.4 Å². The molecule has 178 valence electrons. The molecule has 3 aromatic rings. The van der Waals surface area contributed by atoms with Crippen molar-refractivity contribution >= 4 is 73.7 Å². The Morgan fingerprint density at radius 3 is 2.60 bits per heavy atom. The molecule has 1 fully saturated rings. The lowest BCUT2D eigenvalue weighted by Crippen LogP contribution is -2.23. The zero-order chi connectivity index (χ0) is 24.9. The van der Waals surface area contributed by atoms with Crippen molar-refractivity contribution in [1.82, 2.24) is 4.90 Å². The van der Waals surface area contributed by atoms with E-state index in [0.717, 1.165) is 26.9 Å². The minimum absolute atomic E-state index is 0.106. The highest BCUT2D eigenvalue weighted by atomic mass is 79.9. The molecule has 35 heavy (non-hydrogen) atoms.